The van der Waals surface area contributed by atoms with Crippen molar-refractivity contribution in [2.24, 2.45) is 0 Å². The van der Waals surface area contributed by atoms with Crippen LogP contribution in [0.1, 0.15) is 37.7 Å². The highest BCUT2D eigenvalue weighted by Gasteiger charge is 2.42. The van der Waals surface area contributed by atoms with Gasteiger partial charge in [0.2, 0.25) is 5.91 Å². The summed E-state index contributed by atoms with van der Waals surface area (Å²) in [5.74, 6) is 1.01. The van der Waals surface area contributed by atoms with E-state index in [9.17, 15) is 9.18 Å². The van der Waals surface area contributed by atoms with Gasteiger partial charge in [0.15, 0.2) is 0 Å². The molecule has 0 saturated carbocycles. The van der Waals surface area contributed by atoms with Crippen LogP contribution in [0.15, 0.2) is 24.3 Å². The number of carbonyl (C=O) groups is 1. The van der Waals surface area contributed by atoms with Gasteiger partial charge in [-0.2, -0.15) is 0 Å². The number of carbonyl (C=O) groups excluding carboxylic acids is 1. The Morgan fingerprint density at radius 3 is 2.43 bits per heavy atom. The van der Waals surface area contributed by atoms with Crippen LogP contribution in [0.4, 0.5) is 4.39 Å². The summed E-state index contributed by atoms with van der Waals surface area (Å²) in [6.07, 6.45) is 3.54. The molecule has 0 aliphatic carbocycles. The number of methoxy groups -OCH3 is 1. The summed E-state index contributed by atoms with van der Waals surface area (Å²) in [6, 6.07) is 8.10. The second kappa shape index (κ2) is 6.04. The smallest absolute Gasteiger partial charge is 0.223 e. The molecule has 2 bridgehead atoms. The van der Waals surface area contributed by atoms with Gasteiger partial charge in [0.1, 0.15) is 11.9 Å². The third kappa shape index (κ3) is 3.04. The molecule has 2 aliphatic rings. The average Bonchev–Trinajstić information content (AvgIpc) is 2.77. The number of alkyl halides is 1. The van der Waals surface area contributed by atoms with Gasteiger partial charge in [0.25, 0.3) is 0 Å². The van der Waals surface area contributed by atoms with E-state index in [1.807, 2.05) is 29.2 Å². The largest absolute Gasteiger partial charge is 0.497 e. The molecule has 1 amide bonds. The maximum atomic E-state index is 13.5. The van der Waals surface area contributed by atoms with Crippen LogP contribution < -0.4 is 4.74 Å². The number of rotatable bonds is 4. The number of nitrogens with zero attached hydrogens (tertiary/aromatic N) is 1. The van der Waals surface area contributed by atoms with Crippen LogP contribution in [-0.2, 0) is 11.2 Å². The number of hydrogen-bond donors (Lipinski definition) is 0. The third-order valence-electron chi connectivity index (χ3n) is 4.75. The van der Waals surface area contributed by atoms with Crippen molar-refractivity contribution in [3.05, 3.63) is 29.8 Å². The lowest BCUT2D eigenvalue weighted by Crippen LogP contribution is -2.47. The fourth-order valence-electron chi connectivity index (χ4n) is 3.69. The maximum Gasteiger partial charge on any atom is 0.223 e. The zero-order valence-electron chi connectivity index (χ0n) is 12.4. The molecule has 2 saturated heterocycles. The van der Waals surface area contributed by atoms with Gasteiger partial charge in [0.05, 0.1) is 7.11 Å². The van der Waals surface area contributed by atoms with Crippen LogP contribution in [0.3, 0.4) is 0 Å². The first kappa shape index (κ1) is 14.4. The highest BCUT2D eigenvalue weighted by atomic mass is 19.1. The minimum absolute atomic E-state index is 0.141. The lowest BCUT2D eigenvalue weighted by atomic mass is 9.99. The lowest BCUT2D eigenvalue weighted by Gasteiger charge is -2.36. The van der Waals surface area contributed by atoms with E-state index in [-0.39, 0.29) is 18.0 Å². The van der Waals surface area contributed by atoms with Crippen molar-refractivity contribution in [2.75, 3.05) is 7.11 Å². The molecule has 114 valence electrons. The van der Waals surface area contributed by atoms with Crippen molar-refractivity contribution in [1.29, 1.82) is 0 Å². The standard InChI is InChI=1S/C17H22FNO2/c1-21-16-7-2-12(3-8-16)4-9-17(20)19-14-5-6-15(19)11-13(18)10-14/h2-3,7-8,13-15H,4-6,9-11H2,1H3. The van der Waals surface area contributed by atoms with Gasteiger partial charge in [-0.1, -0.05) is 12.1 Å². The van der Waals surface area contributed by atoms with E-state index in [1.165, 1.54) is 0 Å². The Morgan fingerprint density at radius 1 is 1.24 bits per heavy atom. The summed E-state index contributed by atoms with van der Waals surface area (Å²) in [5.41, 5.74) is 1.14. The molecule has 0 spiro atoms. The Bertz CT molecular complexity index is 488. The second-order valence-corrected chi connectivity index (χ2v) is 6.10. The van der Waals surface area contributed by atoms with Gasteiger partial charge in [-0.05, 0) is 49.8 Å². The number of ether oxygens (including phenoxy) is 1. The maximum absolute atomic E-state index is 13.5. The quantitative estimate of drug-likeness (QED) is 0.853. The molecule has 1 aromatic carbocycles. The molecule has 3 nitrogen and oxygen atoms in total. The van der Waals surface area contributed by atoms with Crippen molar-refractivity contribution in [1.82, 2.24) is 4.90 Å². The summed E-state index contributed by atoms with van der Waals surface area (Å²) >= 11 is 0. The van der Waals surface area contributed by atoms with E-state index in [0.717, 1.165) is 30.6 Å². The fraction of sp³-hybridized carbons (Fsp3) is 0.588. The monoisotopic (exact) mass is 291 g/mol. The lowest BCUT2D eigenvalue weighted by molar-refractivity contribution is -0.136. The fourth-order valence-corrected chi connectivity index (χ4v) is 3.69. The highest BCUT2D eigenvalue weighted by molar-refractivity contribution is 5.77. The molecule has 0 aromatic heterocycles. The number of halogens is 1. The van der Waals surface area contributed by atoms with Gasteiger partial charge in [-0.3, -0.25) is 4.79 Å². The molecule has 4 heteroatoms. The molecular weight excluding hydrogens is 269 g/mol. The third-order valence-corrected chi connectivity index (χ3v) is 4.75. The van der Waals surface area contributed by atoms with Crippen molar-refractivity contribution in [3.8, 4) is 5.75 Å². The summed E-state index contributed by atoms with van der Waals surface area (Å²) in [6.45, 7) is 0. The van der Waals surface area contributed by atoms with E-state index in [0.29, 0.717) is 19.3 Å². The van der Waals surface area contributed by atoms with Gasteiger partial charge in [-0.15, -0.1) is 0 Å². The SMILES string of the molecule is COc1ccc(CCC(=O)N2C3CCC2CC(F)C3)cc1. The number of piperidine rings is 1. The molecule has 2 fully saturated rings. The van der Waals surface area contributed by atoms with Crippen molar-refractivity contribution >= 4 is 5.91 Å². The molecule has 0 N–H and O–H groups in total. The van der Waals surface area contributed by atoms with Crippen LogP contribution in [-0.4, -0.2) is 36.2 Å². The van der Waals surface area contributed by atoms with E-state index in [1.54, 1.807) is 7.11 Å². The molecule has 2 unspecified atom stereocenters. The van der Waals surface area contributed by atoms with Gasteiger partial charge in [-0.25, -0.2) is 4.39 Å². The molecule has 2 heterocycles. The van der Waals surface area contributed by atoms with E-state index in [4.69, 9.17) is 4.74 Å². The predicted octanol–water partition coefficient (Wildman–Crippen LogP) is 3.12. The first-order valence-corrected chi connectivity index (χ1v) is 7.75. The molecule has 2 atom stereocenters. The normalized spacial score (nSPS) is 27.7. The highest BCUT2D eigenvalue weighted by Crippen LogP contribution is 2.37. The Hall–Kier alpha value is -1.58. The van der Waals surface area contributed by atoms with Gasteiger partial charge < -0.3 is 9.64 Å². The summed E-state index contributed by atoms with van der Waals surface area (Å²) in [4.78, 5) is 14.4. The predicted molar refractivity (Wildman–Crippen MR) is 79.1 cm³/mol. The van der Waals surface area contributed by atoms with Crippen molar-refractivity contribution in [2.45, 2.75) is 56.8 Å². The van der Waals surface area contributed by atoms with Crippen LogP contribution >= 0.6 is 0 Å². The van der Waals surface area contributed by atoms with Crippen LogP contribution in [0.25, 0.3) is 0 Å². The Kier molecular flexibility index (Phi) is 4.13. The van der Waals surface area contributed by atoms with Crippen LogP contribution in [0, 0.1) is 0 Å². The summed E-state index contributed by atoms with van der Waals surface area (Å²) < 4.78 is 18.7. The molecule has 3 rings (SSSR count). The molecule has 0 radical (unpaired) electrons. The number of benzene rings is 1. The van der Waals surface area contributed by atoms with E-state index in [2.05, 4.69) is 0 Å². The van der Waals surface area contributed by atoms with E-state index >= 15 is 0 Å². The van der Waals surface area contributed by atoms with Gasteiger partial charge in [0, 0.05) is 18.5 Å². The number of amides is 1. The first-order valence-electron chi connectivity index (χ1n) is 7.75. The molecule has 21 heavy (non-hydrogen) atoms. The zero-order valence-corrected chi connectivity index (χ0v) is 12.4. The summed E-state index contributed by atoms with van der Waals surface area (Å²) in [7, 11) is 1.64. The zero-order chi connectivity index (χ0) is 14.8. The average molecular weight is 291 g/mol. The Balaban J connectivity index is 1.57. The molecule has 1 aromatic rings. The molecule has 2 aliphatic heterocycles. The second-order valence-electron chi connectivity index (χ2n) is 6.10. The first-order chi connectivity index (χ1) is 10.2. The number of fused-ring (bicyclic) bond motifs is 2. The topological polar surface area (TPSA) is 29.5 Å². The van der Waals surface area contributed by atoms with Crippen molar-refractivity contribution in [3.63, 3.8) is 0 Å². The van der Waals surface area contributed by atoms with Gasteiger partial charge >= 0.3 is 0 Å². The van der Waals surface area contributed by atoms with Crippen molar-refractivity contribution < 1.29 is 13.9 Å². The minimum Gasteiger partial charge on any atom is -0.497 e. The Morgan fingerprint density at radius 2 is 1.86 bits per heavy atom. The van der Waals surface area contributed by atoms with E-state index < -0.39 is 6.17 Å². The molecular formula is C17H22FNO2. The summed E-state index contributed by atoms with van der Waals surface area (Å²) in [5, 5.41) is 0. The minimum atomic E-state index is -0.715. The van der Waals surface area contributed by atoms with Crippen LogP contribution in [0.2, 0.25) is 0 Å². The number of hydrogen-bond acceptors (Lipinski definition) is 2. The Labute approximate surface area is 125 Å². The number of aryl methyl sites for hydroxylation is 1. The van der Waals surface area contributed by atoms with Crippen LogP contribution in [0.5, 0.6) is 5.75 Å².